The van der Waals surface area contributed by atoms with Gasteiger partial charge in [-0.2, -0.15) is 0 Å². The number of rotatable bonds is 1. The van der Waals surface area contributed by atoms with Crippen LogP contribution in [-0.4, -0.2) is 42.4 Å². The van der Waals surface area contributed by atoms with Gasteiger partial charge in [0, 0.05) is 24.0 Å². The molecule has 2 aliphatic carbocycles. The molecule has 5 nitrogen and oxygen atoms in total. The Morgan fingerprint density at radius 1 is 0.815 bits per heavy atom. The van der Waals surface area contributed by atoms with E-state index < -0.39 is 0 Å². The summed E-state index contributed by atoms with van der Waals surface area (Å²) in [6.45, 7) is 1.21. The van der Waals surface area contributed by atoms with Gasteiger partial charge in [0.05, 0.1) is 26.4 Å². The van der Waals surface area contributed by atoms with Crippen molar-refractivity contribution in [2.75, 3.05) is 26.4 Å². The Balaban J connectivity index is 0.000000134. The highest BCUT2D eigenvalue weighted by molar-refractivity contribution is 6.00. The molecule has 0 bridgehead atoms. The molecule has 2 N–H and O–H groups in total. The number of hydrogen-bond acceptors (Lipinski definition) is 5. The predicted molar refractivity (Wildman–Crippen MR) is 102 cm³/mol. The van der Waals surface area contributed by atoms with Gasteiger partial charge in [-0.15, -0.1) is 0 Å². The molecule has 3 aliphatic rings. The van der Waals surface area contributed by atoms with Gasteiger partial charge >= 0.3 is 0 Å². The first kappa shape index (κ1) is 19.7. The van der Waals surface area contributed by atoms with Crippen LogP contribution in [0.1, 0.15) is 39.9 Å². The SMILES string of the molecule is O=C1CCc2ccccc21.OCCO.c1ccc2c(c1)CCC21OCCO1. The van der Waals surface area contributed by atoms with Crippen LogP contribution in [0.25, 0.3) is 0 Å². The first-order valence-corrected chi connectivity index (χ1v) is 9.39. The maximum Gasteiger partial charge on any atom is 0.195 e. The number of benzene rings is 2. The number of carbonyl (C=O) groups excluding carboxylic acids is 1. The molecule has 1 spiro atoms. The quantitative estimate of drug-likeness (QED) is 0.807. The zero-order valence-electron chi connectivity index (χ0n) is 15.4. The highest BCUT2D eigenvalue weighted by Gasteiger charge is 2.43. The summed E-state index contributed by atoms with van der Waals surface area (Å²) in [4.78, 5) is 11.1. The van der Waals surface area contributed by atoms with Gasteiger partial charge in [-0.1, -0.05) is 48.5 Å². The molecule has 1 aliphatic heterocycles. The average molecular weight is 370 g/mol. The van der Waals surface area contributed by atoms with Gasteiger partial charge in [0.25, 0.3) is 0 Å². The first-order chi connectivity index (χ1) is 13.2. The Morgan fingerprint density at radius 2 is 1.44 bits per heavy atom. The molecule has 144 valence electrons. The van der Waals surface area contributed by atoms with Gasteiger partial charge in [0.1, 0.15) is 0 Å². The van der Waals surface area contributed by atoms with Crippen LogP contribution in [0.5, 0.6) is 0 Å². The summed E-state index contributed by atoms with van der Waals surface area (Å²) >= 11 is 0. The molecule has 0 unspecified atom stereocenters. The average Bonchev–Trinajstić information content (AvgIpc) is 3.45. The van der Waals surface area contributed by atoms with Crippen LogP contribution in [0, 0.1) is 0 Å². The van der Waals surface area contributed by atoms with Gasteiger partial charge in [0.2, 0.25) is 0 Å². The third-order valence-electron chi connectivity index (χ3n) is 4.94. The summed E-state index contributed by atoms with van der Waals surface area (Å²) in [7, 11) is 0. The Bertz CT molecular complexity index is 763. The molecule has 5 rings (SSSR count). The number of ether oxygens (including phenoxy) is 2. The van der Waals surface area contributed by atoms with Crippen molar-refractivity contribution in [3.05, 3.63) is 70.8 Å². The van der Waals surface area contributed by atoms with Crippen molar-refractivity contribution in [1.82, 2.24) is 0 Å². The van der Waals surface area contributed by atoms with Crippen LogP contribution in [-0.2, 0) is 28.1 Å². The van der Waals surface area contributed by atoms with E-state index in [1.807, 2.05) is 24.3 Å². The van der Waals surface area contributed by atoms with E-state index in [-0.39, 0.29) is 19.0 Å². The highest BCUT2D eigenvalue weighted by atomic mass is 16.7. The standard InChI is InChI=1S/C11H12O2.C9H8O.C2H6O2/c1-2-4-10-9(3-1)5-6-11(10)12-7-8-13-11;10-9-6-5-7-3-1-2-4-8(7)9;3-1-2-4/h1-4H,5-8H2;1-4H,5-6H2;3-4H,1-2H2. The highest BCUT2D eigenvalue weighted by Crippen LogP contribution is 2.43. The molecule has 1 heterocycles. The minimum atomic E-state index is -0.378. The summed E-state index contributed by atoms with van der Waals surface area (Å²) < 4.78 is 11.4. The molecule has 2 aromatic carbocycles. The number of hydrogen-bond donors (Lipinski definition) is 2. The Labute approximate surface area is 159 Å². The van der Waals surface area contributed by atoms with Gasteiger partial charge in [0.15, 0.2) is 11.6 Å². The third kappa shape index (κ3) is 4.45. The van der Waals surface area contributed by atoms with E-state index >= 15 is 0 Å². The molecule has 0 aromatic heterocycles. The van der Waals surface area contributed by atoms with E-state index in [0.29, 0.717) is 12.2 Å². The first-order valence-electron chi connectivity index (χ1n) is 9.39. The zero-order chi connectivity index (χ0) is 19.1. The second-order valence-electron chi connectivity index (χ2n) is 6.63. The van der Waals surface area contributed by atoms with Crippen molar-refractivity contribution in [2.24, 2.45) is 0 Å². The number of carbonyl (C=O) groups is 1. The number of aliphatic hydroxyl groups is 2. The molecule has 0 atom stereocenters. The lowest BCUT2D eigenvalue weighted by Crippen LogP contribution is -2.23. The molecule has 0 saturated carbocycles. The summed E-state index contributed by atoms with van der Waals surface area (Å²) in [5.74, 6) is -0.0769. The molecule has 1 saturated heterocycles. The van der Waals surface area contributed by atoms with Gasteiger partial charge < -0.3 is 19.7 Å². The van der Waals surface area contributed by atoms with Crippen molar-refractivity contribution in [2.45, 2.75) is 31.5 Å². The van der Waals surface area contributed by atoms with Gasteiger partial charge in [-0.3, -0.25) is 4.79 Å². The van der Waals surface area contributed by atoms with Crippen molar-refractivity contribution in [3.8, 4) is 0 Å². The zero-order valence-corrected chi connectivity index (χ0v) is 15.4. The number of Topliss-reactive ketones (excluding diaryl/α,β-unsaturated/α-hetero) is 1. The molecule has 1 fully saturated rings. The maximum absolute atomic E-state index is 11.1. The van der Waals surface area contributed by atoms with E-state index in [1.54, 1.807) is 0 Å². The molecule has 0 radical (unpaired) electrons. The summed E-state index contributed by atoms with van der Waals surface area (Å²) in [5.41, 5.74) is 4.77. The Kier molecular flexibility index (Phi) is 6.74. The van der Waals surface area contributed by atoms with Gasteiger partial charge in [-0.25, -0.2) is 0 Å². The summed E-state index contributed by atoms with van der Waals surface area (Å²) in [5, 5.41) is 15.2. The normalized spacial score (nSPS) is 18.2. The smallest absolute Gasteiger partial charge is 0.195 e. The van der Waals surface area contributed by atoms with Crippen LogP contribution in [0.15, 0.2) is 48.5 Å². The number of aryl methyl sites for hydroxylation is 2. The van der Waals surface area contributed by atoms with Crippen LogP contribution < -0.4 is 0 Å². The van der Waals surface area contributed by atoms with E-state index in [1.165, 1.54) is 16.7 Å². The second kappa shape index (κ2) is 9.24. The summed E-state index contributed by atoms with van der Waals surface area (Å²) in [6, 6.07) is 16.2. The number of fused-ring (bicyclic) bond motifs is 3. The predicted octanol–water partition coefficient (Wildman–Crippen LogP) is 2.62. The molecule has 27 heavy (non-hydrogen) atoms. The van der Waals surface area contributed by atoms with Gasteiger partial charge in [-0.05, 0) is 24.0 Å². The molecule has 5 heteroatoms. The largest absolute Gasteiger partial charge is 0.394 e. The minimum absolute atomic E-state index is 0.125. The van der Waals surface area contributed by atoms with Crippen LogP contribution in [0.2, 0.25) is 0 Å². The molecule has 0 amide bonds. The fourth-order valence-corrected chi connectivity index (χ4v) is 3.69. The molecule has 2 aromatic rings. The lowest BCUT2D eigenvalue weighted by Gasteiger charge is -2.22. The maximum atomic E-state index is 11.1. The third-order valence-corrected chi connectivity index (χ3v) is 4.94. The number of ketones is 1. The molecular weight excluding hydrogens is 344 g/mol. The lowest BCUT2D eigenvalue weighted by molar-refractivity contribution is -0.163. The van der Waals surface area contributed by atoms with Crippen LogP contribution in [0.3, 0.4) is 0 Å². The lowest BCUT2D eigenvalue weighted by atomic mass is 10.1. The van der Waals surface area contributed by atoms with Crippen LogP contribution in [0.4, 0.5) is 0 Å². The number of aliphatic hydroxyl groups excluding tert-OH is 2. The Morgan fingerprint density at radius 3 is 2.11 bits per heavy atom. The van der Waals surface area contributed by atoms with E-state index in [2.05, 4.69) is 24.3 Å². The summed E-state index contributed by atoms with van der Waals surface area (Å²) in [6.07, 6.45) is 3.71. The van der Waals surface area contributed by atoms with E-state index in [9.17, 15) is 4.79 Å². The van der Waals surface area contributed by atoms with Crippen molar-refractivity contribution < 1.29 is 24.5 Å². The van der Waals surface area contributed by atoms with Crippen molar-refractivity contribution in [3.63, 3.8) is 0 Å². The van der Waals surface area contributed by atoms with E-state index in [0.717, 1.165) is 38.0 Å². The van der Waals surface area contributed by atoms with Crippen molar-refractivity contribution in [1.29, 1.82) is 0 Å². The molecular formula is C22H26O5. The Hall–Kier alpha value is -2.05. The van der Waals surface area contributed by atoms with Crippen molar-refractivity contribution >= 4 is 5.78 Å². The fourth-order valence-electron chi connectivity index (χ4n) is 3.69. The topological polar surface area (TPSA) is 76.0 Å². The van der Waals surface area contributed by atoms with Crippen LogP contribution >= 0.6 is 0 Å². The second-order valence-corrected chi connectivity index (χ2v) is 6.63. The van der Waals surface area contributed by atoms with E-state index in [4.69, 9.17) is 19.7 Å². The fraction of sp³-hybridized carbons (Fsp3) is 0.409. The minimum Gasteiger partial charge on any atom is -0.394 e. The monoisotopic (exact) mass is 370 g/mol.